The Hall–Kier alpha value is -0.820. The fraction of sp³-hybridized carbons (Fsp3) is 0.684. The molecule has 0 aliphatic heterocycles. The van der Waals surface area contributed by atoms with Crippen LogP contribution in [0.5, 0.6) is 0 Å². The van der Waals surface area contributed by atoms with Gasteiger partial charge in [-0.1, -0.05) is 39.8 Å². The zero-order chi connectivity index (χ0) is 14.7. The topological polar surface area (TPSA) is 9.23 Å². The van der Waals surface area contributed by atoms with Crippen molar-refractivity contribution in [3.63, 3.8) is 0 Å². The van der Waals surface area contributed by atoms with Crippen LogP contribution in [0.4, 0.5) is 0 Å². The van der Waals surface area contributed by atoms with Crippen molar-refractivity contribution in [1.29, 1.82) is 0 Å². The molecule has 1 unspecified atom stereocenters. The SMILES string of the molecule is COC(CC(C)C)c1ccc(CCC(C)C)c2c1CC2. The molecular weight excluding hydrogens is 244 g/mol. The molecule has 0 amide bonds. The molecule has 1 nitrogen and oxygen atoms in total. The van der Waals surface area contributed by atoms with Gasteiger partial charge < -0.3 is 4.74 Å². The molecule has 0 fully saturated rings. The average Bonchev–Trinajstić information content (AvgIpc) is 2.34. The highest BCUT2D eigenvalue weighted by Crippen LogP contribution is 2.37. The lowest BCUT2D eigenvalue weighted by Gasteiger charge is -2.30. The summed E-state index contributed by atoms with van der Waals surface area (Å²) >= 11 is 0. The van der Waals surface area contributed by atoms with Crippen LogP contribution in [-0.2, 0) is 24.0 Å². The van der Waals surface area contributed by atoms with E-state index in [0.717, 1.165) is 12.3 Å². The third-order valence-corrected chi connectivity index (χ3v) is 4.50. The number of hydrogen-bond acceptors (Lipinski definition) is 1. The van der Waals surface area contributed by atoms with Gasteiger partial charge in [-0.05, 0) is 66.2 Å². The predicted octanol–water partition coefficient (Wildman–Crippen LogP) is 5.11. The maximum Gasteiger partial charge on any atom is 0.0826 e. The van der Waals surface area contributed by atoms with Crippen molar-refractivity contribution >= 4 is 0 Å². The van der Waals surface area contributed by atoms with Gasteiger partial charge in [0.05, 0.1) is 6.10 Å². The Morgan fingerprint density at radius 3 is 2.20 bits per heavy atom. The number of methoxy groups -OCH3 is 1. The van der Waals surface area contributed by atoms with E-state index in [-0.39, 0.29) is 6.10 Å². The summed E-state index contributed by atoms with van der Waals surface area (Å²) in [6, 6.07) is 4.70. The van der Waals surface area contributed by atoms with Crippen molar-refractivity contribution in [3.8, 4) is 0 Å². The van der Waals surface area contributed by atoms with E-state index in [2.05, 4.69) is 39.8 Å². The largest absolute Gasteiger partial charge is 0.377 e. The van der Waals surface area contributed by atoms with E-state index in [4.69, 9.17) is 4.74 Å². The van der Waals surface area contributed by atoms with Crippen LogP contribution in [0, 0.1) is 11.8 Å². The summed E-state index contributed by atoms with van der Waals surface area (Å²) in [5, 5.41) is 0. The molecule has 0 saturated heterocycles. The van der Waals surface area contributed by atoms with Crippen LogP contribution >= 0.6 is 0 Å². The summed E-state index contributed by atoms with van der Waals surface area (Å²) in [6.07, 6.45) is 6.46. The van der Waals surface area contributed by atoms with Gasteiger partial charge in [0.2, 0.25) is 0 Å². The monoisotopic (exact) mass is 274 g/mol. The van der Waals surface area contributed by atoms with Crippen LogP contribution in [0.2, 0.25) is 0 Å². The fourth-order valence-electron chi connectivity index (χ4n) is 3.20. The maximum atomic E-state index is 5.75. The van der Waals surface area contributed by atoms with E-state index >= 15 is 0 Å². The number of aryl methyl sites for hydroxylation is 1. The normalized spacial score (nSPS) is 15.3. The minimum absolute atomic E-state index is 0.281. The first-order valence-corrected chi connectivity index (χ1v) is 8.19. The fourth-order valence-corrected chi connectivity index (χ4v) is 3.20. The van der Waals surface area contributed by atoms with Crippen LogP contribution in [-0.4, -0.2) is 7.11 Å². The Morgan fingerprint density at radius 1 is 1.00 bits per heavy atom. The first kappa shape index (κ1) is 15.6. The smallest absolute Gasteiger partial charge is 0.0826 e. The first-order valence-electron chi connectivity index (χ1n) is 8.19. The number of ether oxygens (including phenoxy) is 1. The molecule has 0 heterocycles. The van der Waals surface area contributed by atoms with Gasteiger partial charge in [0.15, 0.2) is 0 Å². The van der Waals surface area contributed by atoms with E-state index in [1.54, 1.807) is 16.7 Å². The highest BCUT2D eigenvalue weighted by molar-refractivity contribution is 5.48. The molecule has 0 bridgehead atoms. The van der Waals surface area contributed by atoms with Gasteiger partial charge in [-0.2, -0.15) is 0 Å². The van der Waals surface area contributed by atoms with Crippen molar-refractivity contribution < 1.29 is 4.74 Å². The quantitative estimate of drug-likeness (QED) is 0.671. The molecule has 112 valence electrons. The van der Waals surface area contributed by atoms with Gasteiger partial charge in [-0.3, -0.25) is 0 Å². The second-order valence-electron chi connectivity index (χ2n) is 7.06. The van der Waals surface area contributed by atoms with E-state index in [1.165, 1.54) is 31.2 Å². The van der Waals surface area contributed by atoms with Gasteiger partial charge in [0.1, 0.15) is 0 Å². The molecule has 0 N–H and O–H groups in total. The Labute approximate surface area is 124 Å². The zero-order valence-corrected chi connectivity index (χ0v) is 13.8. The predicted molar refractivity (Wildman–Crippen MR) is 86.2 cm³/mol. The molecule has 0 saturated carbocycles. The van der Waals surface area contributed by atoms with Crippen molar-refractivity contribution in [2.45, 2.75) is 65.9 Å². The summed E-state index contributed by atoms with van der Waals surface area (Å²) in [7, 11) is 1.85. The lowest BCUT2D eigenvalue weighted by Crippen LogP contribution is -2.19. The van der Waals surface area contributed by atoms with Crippen LogP contribution in [0.15, 0.2) is 12.1 Å². The minimum Gasteiger partial charge on any atom is -0.377 e. The summed E-state index contributed by atoms with van der Waals surface area (Å²) in [6.45, 7) is 9.17. The Morgan fingerprint density at radius 2 is 1.70 bits per heavy atom. The standard InChI is InChI=1S/C19H30O/c1-13(2)6-7-15-8-9-18(17-11-10-16(15)17)19(20-5)12-14(3)4/h8-9,13-14,19H,6-7,10-12H2,1-5H3. The minimum atomic E-state index is 0.281. The average molecular weight is 274 g/mol. The summed E-state index contributed by atoms with van der Waals surface area (Å²) in [4.78, 5) is 0. The molecule has 1 aromatic carbocycles. The molecule has 20 heavy (non-hydrogen) atoms. The Balaban J connectivity index is 2.18. The zero-order valence-electron chi connectivity index (χ0n) is 13.8. The van der Waals surface area contributed by atoms with E-state index < -0.39 is 0 Å². The van der Waals surface area contributed by atoms with Crippen molar-refractivity contribution in [2.75, 3.05) is 7.11 Å². The molecule has 0 radical (unpaired) electrons. The van der Waals surface area contributed by atoms with E-state index in [0.29, 0.717) is 5.92 Å². The number of fused-ring (bicyclic) bond motifs is 1. The van der Waals surface area contributed by atoms with Gasteiger partial charge in [-0.25, -0.2) is 0 Å². The lowest BCUT2D eigenvalue weighted by molar-refractivity contribution is 0.0834. The van der Waals surface area contributed by atoms with Gasteiger partial charge >= 0.3 is 0 Å². The molecule has 1 atom stereocenters. The van der Waals surface area contributed by atoms with Crippen LogP contribution < -0.4 is 0 Å². The van der Waals surface area contributed by atoms with E-state index in [9.17, 15) is 0 Å². The van der Waals surface area contributed by atoms with Gasteiger partial charge in [0.25, 0.3) is 0 Å². The van der Waals surface area contributed by atoms with Crippen LogP contribution in [0.3, 0.4) is 0 Å². The molecule has 2 rings (SSSR count). The first-order chi connectivity index (χ1) is 9.52. The molecule has 0 aromatic heterocycles. The van der Waals surface area contributed by atoms with Gasteiger partial charge in [-0.15, -0.1) is 0 Å². The molecule has 1 aliphatic rings. The molecule has 1 aliphatic carbocycles. The van der Waals surface area contributed by atoms with Crippen molar-refractivity contribution in [1.82, 2.24) is 0 Å². The van der Waals surface area contributed by atoms with E-state index in [1.807, 2.05) is 7.11 Å². The van der Waals surface area contributed by atoms with Gasteiger partial charge in [0, 0.05) is 7.11 Å². The van der Waals surface area contributed by atoms with Crippen LogP contribution in [0.1, 0.15) is 68.9 Å². The third kappa shape index (κ3) is 3.44. The number of hydrogen-bond donors (Lipinski definition) is 0. The number of benzene rings is 1. The molecule has 0 spiro atoms. The summed E-state index contributed by atoms with van der Waals surface area (Å²) in [5.74, 6) is 1.47. The molecular formula is C19H30O. The second kappa shape index (κ2) is 6.76. The van der Waals surface area contributed by atoms with Crippen molar-refractivity contribution in [3.05, 3.63) is 34.4 Å². The Bertz CT molecular complexity index is 445. The third-order valence-electron chi connectivity index (χ3n) is 4.50. The maximum absolute atomic E-state index is 5.75. The second-order valence-corrected chi connectivity index (χ2v) is 7.06. The summed E-state index contributed by atoms with van der Waals surface area (Å²) in [5.41, 5.74) is 6.27. The number of rotatable bonds is 7. The highest BCUT2D eigenvalue weighted by Gasteiger charge is 2.25. The Kier molecular flexibility index (Phi) is 5.26. The van der Waals surface area contributed by atoms with Crippen molar-refractivity contribution in [2.24, 2.45) is 11.8 Å². The molecule has 1 aromatic rings. The highest BCUT2D eigenvalue weighted by atomic mass is 16.5. The molecule has 1 heteroatoms. The lowest BCUT2D eigenvalue weighted by atomic mass is 9.78. The van der Waals surface area contributed by atoms with Crippen LogP contribution in [0.25, 0.3) is 0 Å². The summed E-state index contributed by atoms with van der Waals surface area (Å²) < 4.78 is 5.75.